The molecule has 0 bridgehead atoms. The van der Waals surface area contributed by atoms with Crippen LogP contribution >= 0.6 is 0 Å². The average Bonchev–Trinajstić information content (AvgIpc) is 3.22. The molecular weight excluding hydrogens is 328 g/mol. The minimum absolute atomic E-state index is 0.0213. The van der Waals surface area contributed by atoms with Crippen LogP contribution in [0.5, 0.6) is 0 Å². The van der Waals surface area contributed by atoms with Crippen LogP contribution < -0.4 is 16.4 Å². The van der Waals surface area contributed by atoms with Crippen molar-refractivity contribution in [3.05, 3.63) is 0 Å². The summed E-state index contributed by atoms with van der Waals surface area (Å²) in [7, 11) is 0. The summed E-state index contributed by atoms with van der Waals surface area (Å²) in [6.45, 7) is 3.88. The molecule has 2 unspecified atom stereocenters. The number of nitrogens with one attached hydrogen (secondary N) is 2. The first-order valence-corrected chi connectivity index (χ1v) is 10.6. The van der Waals surface area contributed by atoms with E-state index >= 15 is 0 Å². The van der Waals surface area contributed by atoms with Gasteiger partial charge in [-0.2, -0.15) is 0 Å². The van der Waals surface area contributed by atoms with Gasteiger partial charge in [0.05, 0.1) is 6.04 Å². The van der Waals surface area contributed by atoms with Gasteiger partial charge < -0.3 is 21.3 Å². The average molecular weight is 365 g/mol. The number of nitrogens with zero attached hydrogens (tertiary/aromatic N) is 1. The zero-order valence-corrected chi connectivity index (χ0v) is 16.1. The third-order valence-electron chi connectivity index (χ3n) is 6.69. The Kier molecular flexibility index (Phi) is 6.92. The molecule has 3 fully saturated rings. The Bertz CT molecular complexity index is 484. The van der Waals surface area contributed by atoms with Gasteiger partial charge in [0.2, 0.25) is 11.8 Å². The van der Waals surface area contributed by atoms with E-state index in [1.54, 1.807) is 0 Å². The predicted molar refractivity (Wildman–Crippen MR) is 103 cm³/mol. The lowest BCUT2D eigenvalue weighted by Gasteiger charge is -2.39. The number of hydrogen-bond donors (Lipinski definition) is 3. The Morgan fingerprint density at radius 3 is 2.62 bits per heavy atom. The molecule has 0 spiro atoms. The smallest absolute Gasteiger partial charge is 0.237 e. The zero-order valence-electron chi connectivity index (χ0n) is 16.1. The van der Waals surface area contributed by atoms with Gasteiger partial charge in [-0.05, 0) is 62.9 Å². The summed E-state index contributed by atoms with van der Waals surface area (Å²) in [6.07, 6.45) is 10.6. The van der Waals surface area contributed by atoms with E-state index in [2.05, 4.69) is 10.6 Å². The van der Waals surface area contributed by atoms with Gasteiger partial charge in [-0.15, -0.1) is 0 Å². The van der Waals surface area contributed by atoms with Crippen molar-refractivity contribution < 1.29 is 9.59 Å². The topological polar surface area (TPSA) is 87.5 Å². The molecule has 3 rings (SSSR count). The fraction of sp³-hybridized carbons (Fsp3) is 0.900. The van der Waals surface area contributed by atoms with Crippen LogP contribution in [-0.4, -0.2) is 55.5 Å². The second-order valence-corrected chi connectivity index (χ2v) is 8.68. The van der Waals surface area contributed by atoms with Crippen molar-refractivity contribution in [2.24, 2.45) is 17.1 Å². The molecule has 0 aromatic carbocycles. The Hall–Kier alpha value is -1.14. The molecule has 1 aliphatic carbocycles. The first-order chi connectivity index (χ1) is 12.6. The molecule has 2 atom stereocenters. The third-order valence-corrected chi connectivity index (χ3v) is 6.69. The SMILES string of the molecule is NCC1(CC(=O)N2CCCC(CNC(=O)C3CCCN3)C2)CCCCC1. The number of amides is 2. The molecule has 2 heterocycles. The number of piperidine rings is 1. The summed E-state index contributed by atoms with van der Waals surface area (Å²) in [5.41, 5.74) is 6.09. The van der Waals surface area contributed by atoms with E-state index in [4.69, 9.17) is 5.73 Å². The van der Waals surface area contributed by atoms with Crippen molar-refractivity contribution in [2.45, 2.75) is 70.3 Å². The molecule has 0 radical (unpaired) electrons. The molecule has 0 aromatic rings. The normalized spacial score (nSPS) is 28.7. The molecule has 2 amide bonds. The van der Waals surface area contributed by atoms with Crippen LogP contribution in [0.25, 0.3) is 0 Å². The highest BCUT2D eigenvalue weighted by Crippen LogP contribution is 2.39. The monoisotopic (exact) mass is 364 g/mol. The summed E-state index contributed by atoms with van der Waals surface area (Å²) in [6, 6.07) is -0.0213. The summed E-state index contributed by atoms with van der Waals surface area (Å²) >= 11 is 0. The van der Waals surface area contributed by atoms with Crippen molar-refractivity contribution in [1.29, 1.82) is 0 Å². The molecule has 3 aliphatic rings. The fourth-order valence-electron chi connectivity index (χ4n) is 4.92. The summed E-state index contributed by atoms with van der Waals surface area (Å²) in [5, 5.41) is 6.33. The molecule has 6 nitrogen and oxygen atoms in total. The lowest BCUT2D eigenvalue weighted by atomic mass is 9.71. The Morgan fingerprint density at radius 1 is 1.12 bits per heavy atom. The first-order valence-electron chi connectivity index (χ1n) is 10.6. The van der Waals surface area contributed by atoms with E-state index in [9.17, 15) is 9.59 Å². The predicted octanol–water partition coefficient (Wildman–Crippen LogP) is 1.39. The van der Waals surface area contributed by atoms with Crippen LogP contribution in [-0.2, 0) is 9.59 Å². The number of carbonyl (C=O) groups excluding carboxylic acids is 2. The number of hydrogen-bond acceptors (Lipinski definition) is 4. The van der Waals surface area contributed by atoms with Crippen molar-refractivity contribution in [3.63, 3.8) is 0 Å². The van der Waals surface area contributed by atoms with Crippen LogP contribution in [0.4, 0.5) is 0 Å². The van der Waals surface area contributed by atoms with E-state index in [0.29, 0.717) is 25.4 Å². The van der Waals surface area contributed by atoms with E-state index in [-0.39, 0.29) is 23.3 Å². The Morgan fingerprint density at radius 2 is 1.92 bits per heavy atom. The second-order valence-electron chi connectivity index (χ2n) is 8.68. The van der Waals surface area contributed by atoms with Crippen molar-refractivity contribution in [1.82, 2.24) is 15.5 Å². The molecule has 2 aliphatic heterocycles. The molecule has 6 heteroatoms. The molecule has 0 aromatic heterocycles. The summed E-state index contributed by atoms with van der Waals surface area (Å²) in [5.74, 6) is 0.763. The maximum absolute atomic E-state index is 12.9. The highest BCUT2D eigenvalue weighted by Gasteiger charge is 2.35. The highest BCUT2D eigenvalue weighted by atomic mass is 16.2. The van der Waals surface area contributed by atoms with E-state index in [0.717, 1.165) is 58.2 Å². The highest BCUT2D eigenvalue weighted by molar-refractivity contribution is 5.82. The van der Waals surface area contributed by atoms with Gasteiger partial charge in [0.1, 0.15) is 0 Å². The van der Waals surface area contributed by atoms with Gasteiger partial charge in [0.25, 0.3) is 0 Å². The standard InChI is InChI=1S/C20H36N4O2/c21-15-20(8-2-1-3-9-20)12-18(25)24-11-5-6-16(14-24)13-23-19(26)17-7-4-10-22-17/h16-17,22H,1-15,21H2,(H,23,26). The number of likely N-dealkylation sites (tertiary alicyclic amines) is 1. The quantitative estimate of drug-likeness (QED) is 0.665. The van der Waals surface area contributed by atoms with Crippen LogP contribution in [0.2, 0.25) is 0 Å². The minimum Gasteiger partial charge on any atom is -0.354 e. The van der Waals surface area contributed by atoms with Gasteiger partial charge in [-0.25, -0.2) is 0 Å². The summed E-state index contributed by atoms with van der Waals surface area (Å²) in [4.78, 5) is 27.1. The number of carbonyl (C=O) groups is 2. The van der Waals surface area contributed by atoms with Gasteiger partial charge in [0.15, 0.2) is 0 Å². The Labute approximate surface area is 157 Å². The first kappa shape index (κ1) is 19.6. The fourth-order valence-corrected chi connectivity index (χ4v) is 4.92. The van der Waals surface area contributed by atoms with Crippen molar-refractivity contribution in [2.75, 3.05) is 32.7 Å². The molecule has 2 saturated heterocycles. The van der Waals surface area contributed by atoms with Crippen LogP contribution in [0.1, 0.15) is 64.2 Å². The van der Waals surface area contributed by atoms with Crippen molar-refractivity contribution in [3.8, 4) is 0 Å². The second kappa shape index (κ2) is 9.18. The van der Waals surface area contributed by atoms with E-state index < -0.39 is 0 Å². The Balaban J connectivity index is 1.46. The van der Waals surface area contributed by atoms with Gasteiger partial charge in [-0.1, -0.05) is 19.3 Å². The molecular formula is C20H36N4O2. The largest absolute Gasteiger partial charge is 0.354 e. The lowest BCUT2D eigenvalue weighted by molar-refractivity contribution is -0.136. The third kappa shape index (κ3) is 4.97. The molecule has 4 N–H and O–H groups in total. The van der Waals surface area contributed by atoms with Gasteiger partial charge in [-0.3, -0.25) is 9.59 Å². The van der Waals surface area contributed by atoms with Crippen LogP contribution in [0, 0.1) is 11.3 Å². The molecule has 148 valence electrons. The van der Waals surface area contributed by atoms with Crippen LogP contribution in [0.3, 0.4) is 0 Å². The maximum atomic E-state index is 12.9. The zero-order chi connectivity index (χ0) is 18.4. The van der Waals surface area contributed by atoms with Gasteiger partial charge >= 0.3 is 0 Å². The van der Waals surface area contributed by atoms with E-state index in [1.165, 1.54) is 19.3 Å². The minimum atomic E-state index is -0.0213. The maximum Gasteiger partial charge on any atom is 0.237 e. The van der Waals surface area contributed by atoms with Gasteiger partial charge in [0, 0.05) is 26.1 Å². The molecule has 26 heavy (non-hydrogen) atoms. The number of nitrogens with two attached hydrogens (primary N) is 1. The number of rotatable bonds is 6. The van der Waals surface area contributed by atoms with Crippen molar-refractivity contribution >= 4 is 11.8 Å². The van der Waals surface area contributed by atoms with E-state index in [1.807, 2.05) is 4.90 Å². The van der Waals surface area contributed by atoms with Crippen LogP contribution in [0.15, 0.2) is 0 Å². The molecule has 1 saturated carbocycles. The lowest BCUT2D eigenvalue weighted by Crippen LogP contribution is -2.48. The summed E-state index contributed by atoms with van der Waals surface area (Å²) < 4.78 is 0.